The van der Waals surface area contributed by atoms with E-state index in [0.717, 1.165) is 12.8 Å². The highest BCUT2D eigenvalue weighted by Crippen LogP contribution is 2.57. The van der Waals surface area contributed by atoms with Gasteiger partial charge in [-0.05, 0) is 55.2 Å². The van der Waals surface area contributed by atoms with E-state index in [-0.39, 0.29) is 41.7 Å². The number of anilines is 1. The SMILES string of the molecule is O=C(Nc1ccc(Oc2ccccc2Cl)cc1)[C@@H]1[C@@H]2C[C@@H]3[C@H]1C(=O)O[C@H]3C2. The highest BCUT2D eigenvalue weighted by Gasteiger charge is 2.63. The summed E-state index contributed by atoms with van der Waals surface area (Å²) in [7, 11) is 0. The quantitative estimate of drug-likeness (QED) is 0.801. The van der Waals surface area contributed by atoms with Crippen LogP contribution in [0.3, 0.4) is 0 Å². The van der Waals surface area contributed by atoms with Crippen molar-refractivity contribution in [2.45, 2.75) is 18.9 Å². The van der Waals surface area contributed by atoms with Crippen molar-refractivity contribution in [3.8, 4) is 11.5 Å². The molecule has 1 amide bonds. The largest absolute Gasteiger partial charge is 0.462 e. The molecule has 1 heterocycles. The molecule has 3 fully saturated rings. The van der Waals surface area contributed by atoms with Crippen molar-refractivity contribution >= 4 is 29.2 Å². The van der Waals surface area contributed by atoms with E-state index in [2.05, 4.69) is 5.32 Å². The van der Waals surface area contributed by atoms with Crippen LogP contribution >= 0.6 is 11.6 Å². The Hall–Kier alpha value is -2.53. The van der Waals surface area contributed by atoms with Crippen LogP contribution < -0.4 is 10.1 Å². The maximum absolute atomic E-state index is 12.8. The number of carbonyl (C=O) groups excluding carboxylic acids is 2. The number of esters is 1. The van der Waals surface area contributed by atoms with Crippen LogP contribution in [-0.4, -0.2) is 18.0 Å². The third kappa shape index (κ3) is 2.77. The number of ether oxygens (including phenoxy) is 2. The number of benzene rings is 2. The zero-order valence-corrected chi connectivity index (χ0v) is 15.2. The Labute approximate surface area is 161 Å². The van der Waals surface area contributed by atoms with Crippen molar-refractivity contribution in [3.05, 3.63) is 53.6 Å². The lowest BCUT2D eigenvalue weighted by Crippen LogP contribution is -2.35. The summed E-state index contributed by atoms with van der Waals surface area (Å²) in [6, 6.07) is 14.4. The molecule has 1 aliphatic heterocycles. The molecule has 2 aromatic rings. The number of fused-ring (bicyclic) bond motifs is 1. The van der Waals surface area contributed by atoms with Crippen molar-refractivity contribution in [2.24, 2.45) is 23.7 Å². The Morgan fingerprint density at radius 1 is 1.11 bits per heavy atom. The van der Waals surface area contributed by atoms with E-state index >= 15 is 0 Å². The van der Waals surface area contributed by atoms with Crippen LogP contribution in [0.25, 0.3) is 0 Å². The lowest BCUT2D eigenvalue weighted by atomic mass is 9.79. The molecule has 5 nitrogen and oxygen atoms in total. The van der Waals surface area contributed by atoms with Gasteiger partial charge in [-0.2, -0.15) is 0 Å². The first-order valence-electron chi connectivity index (χ1n) is 9.14. The lowest BCUT2D eigenvalue weighted by Gasteiger charge is -2.23. The Morgan fingerprint density at radius 2 is 1.89 bits per heavy atom. The van der Waals surface area contributed by atoms with Crippen LogP contribution in [0.4, 0.5) is 5.69 Å². The molecule has 1 N–H and O–H groups in total. The van der Waals surface area contributed by atoms with Gasteiger partial charge in [0.2, 0.25) is 5.91 Å². The number of halogens is 1. The molecule has 3 aliphatic rings. The molecule has 0 unspecified atom stereocenters. The highest BCUT2D eigenvalue weighted by molar-refractivity contribution is 6.32. The van der Waals surface area contributed by atoms with E-state index in [1.165, 1.54) is 0 Å². The summed E-state index contributed by atoms with van der Waals surface area (Å²) in [6.07, 6.45) is 1.78. The maximum Gasteiger partial charge on any atom is 0.310 e. The minimum absolute atomic E-state index is 0.0396. The fraction of sp³-hybridized carbons (Fsp3) is 0.333. The molecule has 138 valence electrons. The second-order valence-electron chi connectivity index (χ2n) is 7.47. The smallest absolute Gasteiger partial charge is 0.310 e. The van der Waals surface area contributed by atoms with Gasteiger partial charge in [0.25, 0.3) is 0 Å². The van der Waals surface area contributed by atoms with Crippen molar-refractivity contribution in [1.82, 2.24) is 0 Å². The van der Waals surface area contributed by atoms with E-state index in [0.29, 0.717) is 22.2 Å². The fourth-order valence-electron chi connectivity index (χ4n) is 4.85. The predicted molar refractivity (Wildman–Crippen MR) is 99.7 cm³/mol. The molecular formula is C21H18ClNO4. The molecule has 2 aromatic carbocycles. The molecule has 2 aliphatic carbocycles. The van der Waals surface area contributed by atoms with Crippen molar-refractivity contribution in [2.75, 3.05) is 5.32 Å². The Bertz CT molecular complexity index is 911. The van der Waals surface area contributed by atoms with Crippen LogP contribution in [-0.2, 0) is 14.3 Å². The zero-order valence-electron chi connectivity index (χ0n) is 14.4. The number of hydrogen-bond acceptors (Lipinski definition) is 4. The number of nitrogens with one attached hydrogen (secondary N) is 1. The van der Waals surface area contributed by atoms with Gasteiger partial charge in [0.15, 0.2) is 0 Å². The van der Waals surface area contributed by atoms with Crippen LogP contribution in [0.1, 0.15) is 12.8 Å². The van der Waals surface area contributed by atoms with Gasteiger partial charge in [-0.25, -0.2) is 0 Å². The molecule has 1 saturated heterocycles. The number of para-hydroxylation sites is 1. The van der Waals surface area contributed by atoms with Gasteiger partial charge in [0.1, 0.15) is 17.6 Å². The standard InChI is InChI=1S/C21H18ClNO4/c22-15-3-1-2-4-16(15)26-13-7-5-12(6-8-13)23-20(24)18-11-9-14-17(10-11)27-21(25)19(14)18/h1-8,11,14,17-19H,9-10H2,(H,23,24)/t11-,14+,17+,18-,19-/m1/s1. The normalized spacial score (nSPS) is 30.3. The summed E-state index contributed by atoms with van der Waals surface area (Å²) < 4.78 is 11.2. The van der Waals surface area contributed by atoms with E-state index in [4.69, 9.17) is 21.1 Å². The fourth-order valence-corrected chi connectivity index (χ4v) is 5.02. The van der Waals surface area contributed by atoms with Gasteiger partial charge in [-0.15, -0.1) is 0 Å². The zero-order chi connectivity index (χ0) is 18.5. The molecule has 0 aromatic heterocycles. The molecule has 2 saturated carbocycles. The van der Waals surface area contributed by atoms with E-state index in [1.807, 2.05) is 12.1 Å². The molecular weight excluding hydrogens is 366 g/mol. The first kappa shape index (κ1) is 16.6. The van der Waals surface area contributed by atoms with Crippen LogP contribution in [0.2, 0.25) is 5.02 Å². The maximum atomic E-state index is 12.8. The average Bonchev–Trinajstić information content (AvgIpc) is 3.27. The first-order valence-corrected chi connectivity index (χ1v) is 9.52. The monoisotopic (exact) mass is 383 g/mol. The molecule has 0 spiro atoms. The van der Waals surface area contributed by atoms with E-state index in [9.17, 15) is 9.59 Å². The van der Waals surface area contributed by atoms with Crippen molar-refractivity contribution < 1.29 is 19.1 Å². The molecule has 27 heavy (non-hydrogen) atoms. The first-order chi connectivity index (χ1) is 13.1. The third-order valence-corrected chi connectivity index (χ3v) is 6.28. The third-order valence-electron chi connectivity index (χ3n) is 5.97. The van der Waals surface area contributed by atoms with Gasteiger partial charge in [-0.3, -0.25) is 9.59 Å². The number of amides is 1. The average molecular weight is 384 g/mol. The van der Waals surface area contributed by atoms with E-state index < -0.39 is 0 Å². The predicted octanol–water partition coefficient (Wildman–Crippen LogP) is 4.27. The molecule has 2 bridgehead atoms. The molecule has 5 rings (SSSR count). The number of carbonyl (C=O) groups is 2. The summed E-state index contributed by atoms with van der Waals surface area (Å²) in [5.74, 6) is 0.842. The van der Waals surface area contributed by atoms with Crippen LogP contribution in [0.5, 0.6) is 11.5 Å². The Morgan fingerprint density at radius 3 is 2.67 bits per heavy atom. The second kappa shape index (κ2) is 6.27. The number of hydrogen-bond donors (Lipinski definition) is 1. The minimum atomic E-state index is -0.277. The van der Waals surface area contributed by atoms with Crippen LogP contribution in [0, 0.1) is 23.7 Å². The van der Waals surface area contributed by atoms with E-state index in [1.54, 1.807) is 36.4 Å². The van der Waals surface area contributed by atoms with Crippen LogP contribution in [0.15, 0.2) is 48.5 Å². The van der Waals surface area contributed by atoms with Crippen molar-refractivity contribution in [1.29, 1.82) is 0 Å². The summed E-state index contributed by atoms with van der Waals surface area (Å²) >= 11 is 6.10. The number of rotatable bonds is 4. The van der Waals surface area contributed by atoms with Gasteiger partial charge in [-0.1, -0.05) is 23.7 Å². The summed E-state index contributed by atoms with van der Waals surface area (Å²) in [6.45, 7) is 0. The highest BCUT2D eigenvalue weighted by atomic mass is 35.5. The lowest BCUT2D eigenvalue weighted by molar-refractivity contribution is -0.145. The topological polar surface area (TPSA) is 64.6 Å². The van der Waals surface area contributed by atoms with Gasteiger partial charge in [0, 0.05) is 11.6 Å². The summed E-state index contributed by atoms with van der Waals surface area (Å²) in [5.41, 5.74) is 0.678. The van der Waals surface area contributed by atoms with Gasteiger partial charge < -0.3 is 14.8 Å². The second-order valence-corrected chi connectivity index (χ2v) is 7.88. The summed E-state index contributed by atoms with van der Waals surface area (Å²) in [4.78, 5) is 24.9. The molecule has 6 heteroatoms. The molecule has 5 atom stereocenters. The van der Waals surface area contributed by atoms with Gasteiger partial charge in [0.05, 0.1) is 16.9 Å². The Kier molecular flexibility index (Phi) is 3.86. The molecule has 0 radical (unpaired) electrons. The Balaban J connectivity index is 1.27. The minimum Gasteiger partial charge on any atom is -0.462 e. The van der Waals surface area contributed by atoms with Gasteiger partial charge >= 0.3 is 5.97 Å². The summed E-state index contributed by atoms with van der Waals surface area (Å²) in [5, 5.41) is 3.48. The van der Waals surface area contributed by atoms with Crippen molar-refractivity contribution in [3.63, 3.8) is 0 Å².